The average molecular weight is 403 g/mol. The summed E-state index contributed by atoms with van der Waals surface area (Å²) in [6.45, 7) is 0.292. The van der Waals surface area contributed by atoms with E-state index in [-0.39, 0.29) is 11.3 Å². The molecule has 0 unspecified atom stereocenters. The third-order valence-electron chi connectivity index (χ3n) is 4.16. The second-order valence-corrected chi connectivity index (χ2v) is 7.38. The highest BCUT2D eigenvalue weighted by atomic mass is 32.1. The van der Waals surface area contributed by atoms with Crippen molar-refractivity contribution in [2.75, 3.05) is 5.32 Å². The number of anilines is 1. The van der Waals surface area contributed by atoms with Gasteiger partial charge in [-0.15, -0.1) is 10.2 Å². The molecule has 0 saturated heterocycles. The molecule has 2 heterocycles. The van der Waals surface area contributed by atoms with Crippen LogP contribution in [0.5, 0.6) is 0 Å². The zero-order chi connectivity index (χ0) is 20.1. The highest BCUT2D eigenvalue weighted by Crippen LogP contribution is 2.19. The van der Waals surface area contributed by atoms with Crippen LogP contribution < -0.4 is 10.9 Å². The van der Waals surface area contributed by atoms with Crippen molar-refractivity contribution in [2.45, 2.75) is 13.0 Å². The summed E-state index contributed by atoms with van der Waals surface area (Å²) in [6.07, 6.45) is 0.647. The Morgan fingerprint density at radius 2 is 1.59 bits per heavy atom. The Hall–Kier alpha value is -3.65. The van der Waals surface area contributed by atoms with Gasteiger partial charge in [0, 0.05) is 12.5 Å². The Labute approximate surface area is 170 Å². The van der Waals surface area contributed by atoms with Gasteiger partial charge in [-0.2, -0.15) is 5.10 Å². The van der Waals surface area contributed by atoms with Gasteiger partial charge < -0.3 is 0 Å². The maximum absolute atomic E-state index is 12.5. The fourth-order valence-corrected chi connectivity index (χ4v) is 3.52. The third kappa shape index (κ3) is 4.80. The molecular weight excluding hydrogens is 386 g/mol. The molecule has 0 aliphatic heterocycles. The molecular formula is C21H17N5O2S. The quantitative estimate of drug-likeness (QED) is 0.535. The normalized spacial score (nSPS) is 10.6. The van der Waals surface area contributed by atoms with Crippen LogP contribution in [0.3, 0.4) is 0 Å². The first-order valence-electron chi connectivity index (χ1n) is 8.97. The first kappa shape index (κ1) is 18.7. The Bertz CT molecular complexity index is 1170. The number of benzene rings is 2. The molecule has 0 fully saturated rings. The molecule has 0 atom stereocenters. The van der Waals surface area contributed by atoms with Crippen LogP contribution in [-0.2, 0) is 13.0 Å². The smallest absolute Gasteiger partial charge is 0.277 e. The number of carbonyl (C=O) groups excluding carboxylic acids is 1. The van der Waals surface area contributed by atoms with E-state index in [0.29, 0.717) is 18.1 Å². The molecule has 29 heavy (non-hydrogen) atoms. The molecule has 2 aromatic heterocycles. The van der Waals surface area contributed by atoms with Crippen LogP contribution >= 0.6 is 11.3 Å². The van der Waals surface area contributed by atoms with Crippen LogP contribution in [0, 0.1) is 0 Å². The molecule has 0 spiro atoms. The van der Waals surface area contributed by atoms with E-state index in [2.05, 4.69) is 20.6 Å². The summed E-state index contributed by atoms with van der Waals surface area (Å²) >= 11 is 1.31. The Morgan fingerprint density at radius 3 is 2.31 bits per heavy atom. The SMILES string of the molecule is O=C(Nc1nnc(Cc2ccccc2)s1)c1ccc(=O)n(Cc2ccccc2)n1. The van der Waals surface area contributed by atoms with Crippen molar-refractivity contribution in [2.24, 2.45) is 0 Å². The number of aromatic nitrogens is 4. The van der Waals surface area contributed by atoms with Gasteiger partial charge in [0.1, 0.15) is 10.7 Å². The number of carbonyl (C=O) groups is 1. The molecule has 2 aromatic carbocycles. The third-order valence-corrected chi connectivity index (χ3v) is 5.00. The lowest BCUT2D eigenvalue weighted by Gasteiger charge is -2.06. The van der Waals surface area contributed by atoms with Crippen LogP contribution in [0.2, 0.25) is 0 Å². The summed E-state index contributed by atoms with van der Waals surface area (Å²) in [5.41, 5.74) is 1.91. The van der Waals surface area contributed by atoms with Gasteiger partial charge in [0.2, 0.25) is 5.13 Å². The van der Waals surface area contributed by atoms with Gasteiger partial charge >= 0.3 is 0 Å². The predicted molar refractivity (Wildman–Crippen MR) is 111 cm³/mol. The minimum Gasteiger partial charge on any atom is -0.295 e. The van der Waals surface area contributed by atoms with Crippen LogP contribution in [-0.4, -0.2) is 25.9 Å². The van der Waals surface area contributed by atoms with Gasteiger partial charge in [0.25, 0.3) is 11.5 Å². The van der Waals surface area contributed by atoms with Crippen molar-refractivity contribution in [1.29, 1.82) is 0 Å². The largest absolute Gasteiger partial charge is 0.295 e. The Balaban J connectivity index is 1.46. The molecule has 1 N–H and O–H groups in total. The fraction of sp³-hybridized carbons (Fsp3) is 0.0952. The zero-order valence-corrected chi connectivity index (χ0v) is 16.2. The molecule has 0 radical (unpaired) electrons. The topological polar surface area (TPSA) is 89.8 Å². The second-order valence-electron chi connectivity index (χ2n) is 6.32. The van der Waals surface area contributed by atoms with E-state index in [0.717, 1.165) is 16.1 Å². The van der Waals surface area contributed by atoms with E-state index in [1.165, 1.54) is 28.2 Å². The van der Waals surface area contributed by atoms with E-state index >= 15 is 0 Å². The summed E-state index contributed by atoms with van der Waals surface area (Å²) in [4.78, 5) is 24.6. The molecule has 0 aliphatic carbocycles. The van der Waals surface area contributed by atoms with Gasteiger partial charge in [-0.1, -0.05) is 72.0 Å². The van der Waals surface area contributed by atoms with E-state index in [9.17, 15) is 9.59 Å². The van der Waals surface area contributed by atoms with Crippen LogP contribution in [0.1, 0.15) is 26.6 Å². The standard InChI is InChI=1S/C21H17N5O2S/c27-19-12-11-17(25-26(19)14-16-9-5-2-6-10-16)20(28)22-21-24-23-18(29-21)13-15-7-3-1-4-8-15/h1-12H,13-14H2,(H,22,24,28). The van der Waals surface area contributed by atoms with Crippen molar-refractivity contribution in [3.63, 3.8) is 0 Å². The average Bonchev–Trinajstić information content (AvgIpc) is 3.18. The van der Waals surface area contributed by atoms with Crippen molar-refractivity contribution in [3.05, 3.63) is 105 Å². The van der Waals surface area contributed by atoms with Crippen molar-refractivity contribution in [1.82, 2.24) is 20.0 Å². The van der Waals surface area contributed by atoms with Crippen molar-refractivity contribution < 1.29 is 4.79 Å². The molecule has 4 rings (SSSR count). The summed E-state index contributed by atoms with van der Waals surface area (Å²) in [7, 11) is 0. The van der Waals surface area contributed by atoms with Crippen molar-refractivity contribution in [3.8, 4) is 0 Å². The maximum Gasteiger partial charge on any atom is 0.277 e. The number of rotatable bonds is 6. The lowest BCUT2D eigenvalue weighted by molar-refractivity contribution is 0.102. The number of hydrogen-bond acceptors (Lipinski definition) is 6. The second kappa shape index (κ2) is 8.57. The molecule has 8 heteroatoms. The molecule has 4 aromatic rings. The van der Waals surface area contributed by atoms with Crippen LogP contribution in [0.15, 0.2) is 77.6 Å². The van der Waals surface area contributed by atoms with Gasteiger partial charge in [0.05, 0.1) is 6.54 Å². The van der Waals surface area contributed by atoms with Crippen LogP contribution in [0.25, 0.3) is 0 Å². The van der Waals surface area contributed by atoms with Gasteiger partial charge in [-0.3, -0.25) is 14.9 Å². The molecule has 0 aliphatic rings. The lowest BCUT2D eigenvalue weighted by atomic mass is 10.2. The minimum absolute atomic E-state index is 0.139. The van der Waals surface area contributed by atoms with Crippen LogP contribution in [0.4, 0.5) is 5.13 Å². The van der Waals surface area contributed by atoms with E-state index < -0.39 is 5.91 Å². The number of nitrogens with zero attached hydrogens (tertiary/aromatic N) is 4. The molecule has 144 valence electrons. The van der Waals surface area contributed by atoms with Crippen molar-refractivity contribution >= 4 is 22.4 Å². The maximum atomic E-state index is 12.5. The molecule has 1 amide bonds. The number of hydrogen-bond donors (Lipinski definition) is 1. The van der Waals surface area contributed by atoms with Gasteiger partial charge in [0.15, 0.2) is 0 Å². The number of amides is 1. The minimum atomic E-state index is -0.436. The van der Waals surface area contributed by atoms with E-state index in [1.54, 1.807) is 0 Å². The lowest BCUT2D eigenvalue weighted by Crippen LogP contribution is -2.26. The molecule has 0 bridgehead atoms. The summed E-state index contributed by atoms with van der Waals surface area (Å²) in [6, 6.07) is 22.1. The summed E-state index contributed by atoms with van der Waals surface area (Å²) < 4.78 is 1.27. The number of nitrogens with one attached hydrogen (secondary N) is 1. The Kier molecular flexibility index (Phi) is 5.53. The summed E-state index contributed by atoms with van der Waals surface area (Å²) in [5, 5.41) is 16.2. The predicted octanol–water partition coefficient (Wildman–Crippen LogP) is 2.99. The highest BCUT2D eigenvalue weighted by molar-refractivity contribution is 7.15. The Morgan fingerprint density at radius 1 is 0.897 bits per heavy atom. The van der Waals surface area contributed by atoms with E-state index in [4.69, 9.17) is 0 Å². The van der Waals surface area contributed by atoms with Gasteiger partial charge in [-0.25, -0.2) is 4.68 Å². The summed E-state index contributed by atoms with van der Waals surface area (Å²) in [5.74, 6) is -0.436. The molecule has 0 saturated carbocycles. The zero-order valence-electron chi connectivity index (χ0n) is 15.4. The van der Waals surface area contributed by atoms with Gasteiger partial charge in [-0.05, 0) is 17.2 Å². The molecule has 7 nitrogen and oxygen atoms in total. The first-order chi connectivity index (χ1) is 14.2. The monoisotopic (exact) mass is 403 g/mol. The highest BCUT2D eigenvalue weighted by Gasteiger charge is 2.13. The fourth-order valence-electron chi connectivity index (χ4n) is 2.75. The first-order valence-corrected chi connectivity index (χ1v) is 9.79. The van der Waals surface area contributed by atoms with E-state index in [1.807, 2.05) is 60.7 Å².